The molecular weight excluding hydrogens is 400 g/mol. The topological polar surface area (TPSA) is 68.8 Å². The fraction of sp³-hybridized carbons (Fsp3) is 0.957. The van der Waals surface area contributed by atoms with Crippen molar-refractivity contribution in [2.75, 3.05) is 40.0 Å². The summed E-state index contributed by atoms with van der Waals surface area (Å²) in [4.78, 5) is 11.9. The molecule has 0 fully saturated rings. The van der Waals surface area contributed by atoms with Gasteiger partial charge in [0.2, 0.25) is 0 Å². The normalized spacial score (nSPS) is 15.3. The number of nitrogens with one attached hydrogen (secondary N) is 2. The number of hydrogen-bond acceptors (Lipinski definition) is 7. The van der Waals surface area contributed by atoms with Gasteiger partial charge in [-0.15, -0.1) is 0 Å². The highest BCUT2D eigenvalue weighted by Gasteiger charge is 2.26. The van der Waals surface area contributed by atoms with E-state index in [2.05, 4.69) is 51.0 Å². The van der Waals surface area contributed by atoms with Crippen LogP contribution >= 0.6 is 12.6 Å². The summed E-state index contributed by atoms with van der Waals surface area (Å²) in [6, 6.07) is 0. The number of thiol groups is 1. The van der Waals surface area contributed by atoms with Gasteiger partial charge >= 0.3 is 0 Å². The maximum Gasteiger partial charge on any atom is 0.154 e. The Bertz CT molecular complexity index is 492. The SMILES string of the molecule is CCC(C)(CCOCCC(=O)C(C)(C)NC)OCCC(C)(C)OCCNC(C)(C)S. The third-order valence-corrected chi connectivity index (χ3v) is 5.78. The van der Waals surface area contributed by atoms with Gasteiger partial charge in [0.25, 0.3) is 0 Å². The van der Waals surface area contributed by atoms with E-state index in [9.17, 15) is 4.79 Å². The average molecular weight is 449 g/mol. The first-order valence-electron chi connectivity index (χ1n) is 11.2. The van der Waals surface area contributed by atoms with Crippen molar-refractivity contribution in [2.45, 2.75) is 103 Å². The summed E-state index contributed by atoms with van der Waals surface area (Å²) < 4.78 is 17.9. The zero-order valence-electron chi connectivity index (χ0n) is 20.9. The molecule has 0 bridgehead atoms. The van der Waals surface area contributed by atoms with Crippen molar-refractivity contribution in [1.29, 1.82) is 0 Å². The predicted octanol–water partition coefficient (Wildman–Crippen LogP) is 3.98. The van der Waals surface area contributed by atoms with E-state index in [-0.39, 0.29) is 21.9 Å². The summed E-state index contributed by atoms with van der Waals surface area (Å²) in [5.41, 5.74) is -0.978. The molecular formula is C23H48N2O4S. The van der Waals surface area contributed by atoms with E-state index in [4.69, 9.17) is 14.2 Å². The second-order valence-corrected chi connectivity index (χ2v) is 11.0. The van der Waals surface area contributed by atoms with E-state index in [0.29, 0.717) is 32.8 Å². The fourth-order valence-electron chi connectivity index (χ4n) is 2.66. The van der Waals surface area contributed by atoms with Crippen molar-refractivity contribution in [2.24, 2.45) is 0 Å². The molecule has 1 unspecified atom stereocenters. The number of ether oxygens (including phenoxy) is 3. The van der Waals surface area contributed by atoms with E-state index in [1.807, 2.05) is 27.7 Å². The predicted molar refractivity (Wildman–Crippen MR) is 129 cm³/mol. The molecule has 0 aromatic carbocycles. The van der Waals surface area contributed by atoms with Crippen LogP contribution in [0, 0.1) is 0 Å². The smallest absolute Gasteiger partial charge is 0.154 e. The molecule has 7 heteroatoms. The van der Waals surface area contributed by atoms with Crippen molar-refractivity contribution < 1.29 is 19.0 Å². The molecule has 0 heterocycles. The molecule has 0 rings (SSSR count). The molecule has 0 aromatic heterocycles. The molecule has 0 amide bonds. The second kappa shape index (κ2) is 13.4. The number of rotatable bonds is 18. The molecule has 30 heavy (non-hydrogen) atoms. The molecule has 180 valence electrons. The van der Waals surface area contributed by atoms with Crippen molar-refractivity contribution in [3.05, 3.63) is 0 Å². The lowest BCUT2D eigenvalue weighted by atomic mass is 9.97. The van der Waals surface area contributed by atoms with Crippen LogP contribution in [0.15, 0.2) is 0 Å². The van der Waals surface area contributed by atoms with Crippen LogP contribution in [0.25, 0.3) is 0 Å². The number of carbonyl (C=O) groups is 1. The van der Waals surface area contributed by atoms with Gasteiger partial charge in [-0.1, -0.05) is 6.92 Å². The Balaban J connectivity index is 4.14. The summed E-state index contributed by atoms with van der Waals surface area (Å²) in [6.07, 6.45) is 2.95. The third-order valence-electron chi connectivity index (χ3n) is 5.63. The van der Waals surface area contributed by atoms with Gasteiger partial charge in [-0.05, 0) is 74.8 Å². The maximum absolute atomic E-state index is 12.1. The summed E-state index contributed by atoms with van der Waals surface area (Å²) >= 11 is 4.45. The first-order valence-corrected chi connectivity index (χ1v) is 11.7. The van der Waals surface area contributed by atoms with E-state index < -0.39 is 5.54 Å². The number of ketones is 1. The van der Waals surface area contributed by atoms with Gasteiger partial charge in [0.05, 0.1) is 41.4 Å². The molecule has 0 saturated heterocycles. The Morgan fingerprint density at radius 1 is 0.900 bits per heavy atom. The lowest BCUT2D eigenvalue weighted by Gasteiger charge is -2.32. The van der Waals surface area contributed by atoms with Gasteiger partial charge in [-0.25, -0.2) is 0 Å². The lowest BCUT2D eigenvalue weighted by molar-refractivity contribution is -0.125. The Hall–Kier alpha value is -0.180. The van der Waals surface area contributed by atoms with E-state index in [1.165, 1.54) is 0 Å². The molecule has 0 aliphatic heterocycles. The molecule has 6 nitrogen and oxygen atoms in total. The molecule has 0 radical (unpaired) electrons. The van der Waals surface area contributed by atoms with Crippen LogP contribution in [0.3, 0.4) is 0 Å². The van der Waals surface area contributed by atoms with Crippen molar-refractivity contribution >= 4 is 18.4 Å². The Morgan fingerprint density at radius 3 is 2.07 bits per heavy atom. The highest BCUT2D eigenvalue weighted by atomic mass is 32.1. The van der Waals surface area contributed by atoms with E-state index in [0.717, 1.165) is 25.8 Å². The monoisotopic (exact) mass is 448 g/mol. The molecule has 0 spiro atoms. The summed E-state index contributed by atoms with van der Waals surface area (Å²) in [6.45, 7) is 19.3. The number of hydrogen-bond donors (Lipinski definition) is 3. The summed E-state index contributed by atoms with van der Waals surface area (Å²) in [7, 11) is 1.80. The van der Waals surface area contributed by atoms with Gasteiger partial charge in [-0.3, -0.25) is 4.79 Å². The number of Topliss-reactive ketones (excluding diaryl/α,β-unsaturated/α-hetero) is 1. The van der Waals surface area contributed by atoms with Crippen LogP contribution in [0.2, 0.25) is 0 Å². The minimum atomic E-state index is -0.502. The van der Waals surface area contributed by atoms with Gasteiger partial charge in [-0.2, -0.15) is 12.6 Å². The maximum atomic E-state index is 12.1. The van der Waals surface area contributed by atoms with Gasteiger partial charge < -0.3 is 24.8 Å². The van der Waals surface area contributed by atoms with Crippen molar-refractivity contribution in [3.8, 4) is 0 Å². The first-order chi connectivity index (χ1) is 13.7. The van der Waals surface area contributed by atoms with E-state index >= 15 is 0 Å². The van der Waals surface area contributed by atoms with Gasteiger partial charge in [0.1, 0.15) is 0 Å². The van der Waals surface area contributed by atoms with Crippen LogP contribution in [-0.2, 0) is 19.0 Å². The quantitative estimate of drug-likeness (QED) is 0.167. The molecule has 0 aromatic rings. The molecule has 0 aliphatic rings. The number of likely N-dealkylation sites (N-methyl/N-ethyl adjacent to an activating group) is 1. The average Bonchev–Trinajstić information content (AvgIpc) is 2.64. The minimum Gasteiger partial charge on any atom is -0.381 e. The largest absolute Gasteiger partial charge is 0.381 e. The molecule has 1 atom stereocenters. The standard InChI is InChI=1S/C23H48N2O4S/c1-10-23(8,13-16-27-15-11-19(26)21(4,5)24-9)29-17-12-20(2,3)28-18-14-25-22(6,7)30/h24-25,30H,10-18H2,1-9H3. The second-order valence-electron chi connectivity index (χ2n) is 9.91. The van der Waals surface area contributed by atoms with Crippen molar-refractivity contribution in [3.63, 3.8) is 0 Å². The Labute approximate surface area is 191 Å². The van der Waals surface area contributed by atoms with Gasteiger partial charge in [0, 0.05) is 19.6 Å². The number of carbonyl (C=O) groups excluding carboxylic acids is 1. The molecule has 0 saturated carbocycles. The highest BCUT2D eigenvalue weighted by Crippen LogP contribution is 2.23. The van der Waals surface area contributed by atoms with Crippen LogP contribution in [-0.4, -0.2) is 67.4 Å². The van der Waals surface area contributed by atoms with Crippen LogP contribution < -0.4 is 10.6 Å². The zero-order valence-corrected chi connectivity index (χ0v) is 21.8. The summed E-state index contributed by atoms with van der Waals surface area (Å²) in [5, 5.41) is 6.34. The minimum absolute atomic E-state index is 0.162. The Morgan fingerprint density at radius 2 is 1.53 bits per heavy atom. The molecule has 0 aliphatic carbocycles. The molecule has 2 N–H and O–H groups in total. The van der Waals surface area contributed by atoms with Crippen molar-refractivity contribution in [1.82, 2.24) is 10.6 Å². The summed E-state index contributed by atoms with van der Waals surface area (Å²) in [5.74, 6) is 0.162. The van der Waals surface area contributed by atoms with Crippen LogP contribution in [0.1, 0.15) is 81.1 Å². The third kappa shape index (κ3) is 14.0. The van der Waals surface area contributed by atoms with Crippen LogP contribution in [0.4, 0.5) is 0 Å². The van der Waals surface area contributed by atoms with E-state index in [1.54, 1.807) is 7.05 Å². The van der Waals surface area contributed by atoms with Crippen LogP contribution in [0.5, 0.6) is 0 Å². The highest BCUT2D eigenvalue weighted by molar-refractivity contribution is 7.81. The fourth-order valence-corrected chi connectivity index (χ4v) is 2.77. The first kappa shape index (κ1) is 29.8. The lowest BCUT2D eigenvalue weighted by Crippen LogP contribution is -2.44. The van der Waals surface area contributed by atoms with Gasteiger partial charge in [0.15, 0.2) is 5.78 Å². The zero-order chi connectivity index (χ0) is 23.5. The Kier molecular flexibility index (Phi) is 13.3.